The molecule has 0 aliphatic carbocycles. The lowest BCUT2D eigenvalue weighted by molar-refractivity contribution is 0.203. The minimum atomic E-state index is -0.933. The molecule has 0 aliphatic rings. The van der Waals surface area contributed by atoms with E-state index < -0.39 is 6.09 Å². The standard InChI is InChI=1S/C14H22N2O2/c1-10(2)12-8-11(9-15(3)4)6-7-13(12)16(5)14(17)18/h6-8,10H,9H2,1-5H3,(H,17,18). The van der Waals surface area contributed by atoms with Crippen LogP contribution >= 0.6 is 0 Å². The van der Waals surface area contributed by atoms with Gasteiger partial charge in [0.15, 0.2) is 0 Å². The Hall–Kier alpha value is -1.55. The number of carbonyl (C=O) groups is 1. The van der Waals surface area contributed by atoms with Gasteiger partial charge in [-0.05, 0) is 37.2 Å². The number of nitrogens with zero attached hydrogens (tertiary/aromatic N) is 2. The molecule has 1 amide bonds. The van der Waals surface area contributed by atoms with Gasteiger partial charge in [-0.3, -0.25) is 4.90 Å². The van der Waals surface area contributed by atoms with E-state index in [-0.39, 0.29) is 0 Å². The maximum Gasteiger partial charge on any atom is 0.411 e. The first-order chi connectivity index (χ1) is 8.32. The zero-order valence-corrected chi connectivity index (χ0v) is 11.8. The number of rotatable bonds is 4. The predicted molar refractivity (Wildman–Crippen MR) is 74.3 cm³/mol. The molecule has 0 fully saturated rings. The number of benzene rings is 1. The Morgan fingerprint density at radius 1 is 1.28 bits per heavy atom. The van der Waals surface area contributed by atoms with Crippen LogP contribution in [0.3, 0.4) is 0 Å². The lowest BCUT2D eigenvalue weighted by Gasteiger charge is -2.21. The fraction of sp³-hybridized carbons (Fsp3) is 0.500. The first-order valence-electron chi connectivity index (χ1n) is 6.07. The second kappa shape index (κ2) is 5.87. The number of carboxylic acid groups (broad SMARTS) is 1. The molecule has 4 nitrogen and oxygen atoms in total. The SMILES string of the molecule is CC(C)c1cc(CN(C)C)ccc1N(C)C(=O)O. The summed E-state index contributed by atoms with van der Waals surface area (Å²) in [5.41, 5.74) is 3.03. The minimum Gasteiger partial charge on any atom is -0.465 e. The molecule has 0 saturated heterocycles. The zero-order chi connectivity index (χ0) is 13.9. The molecule has 0 unspecified atom stereocenters. The van der Waals surface area contributed by atoms with E-state index >= 15 is 0 Å². The van der Waals surface area contributed by atoms with Crippen molar-refractivity contribution in [2.45, 2.75) is 26.3 Å². The summed E-state index contributed by atoms with van der Waals surface area (Å²) in [5.74, 6) is 0.295. The summed E-state index contributed by atoms with van der Waals surface area (Å²) in [7, 11) is 5.62. The van der Waals surface area contributed by atoms with Gasteiger partial charge in [-0.15, -0.1) is 0 Å². The van der Waals surface area contributed by atoms with Crippen LogP contribution in [-0.2, 0) is 6.54 Å². The number of amides is 1. The van der Waals surface area contributed by atoms with Crippen molar-refractivity contribution >= 4 is 11.8 Å². The van der Waals surface area contributed by atoms with Crippen molar-refractivity contribution in [3.63, 3.8) is 0 Å². The molecule has 4 heteroatoms. The van der Waals surface area contributed by atoms with Crippen molar-refractivity contribution in [1.82, 2.24) is 4.90 Å². The maximum absolute atomic E-state index is 11.1. The van der Waals surface area contributed by atoms with E-state index in [4.69, 9.17) is 5.11 Å². The summed E-state index contributed by atoms with van der Waals surface area (Å²) in [6.45, 7) is 5.01. The molecule has 100 valence electrons. The van der Waals surface area contributed by atoms with Gasteiger partial charge < -0.3 is 10.0 Å². The number of hydrogen-bond donors (Lipinski definition) is 1. The Bertz CT molecular complexity index is 428. The highest BCUT2D eigenvalue weighted by Crippen LogP contribution is 2.28. The van der Waals surface area contributed by atoms with Crippen LogP contribution in [0.5, 0.6) is 0 Å². The third kappa shape index (κ3) is 3.47. The van der Waals surface area contributed by atoms with Crippen LogP contribution in [0.15, 0.2) is 18.2 Å². The number of anilines is 1. The summed E-state index contributed by atoms with van der Waals surface area (Å²) < 4.78 is 0. The average molecular weight is 250 g/mol. The van der Waals surface area contributed by atoms with Crippen LogP contribution in [0.1, 0.15) is 30.9 Å². The van der Waals surface area contributed by atoms with Crippen molar-refractivity contribution in [2.75, 3.05) is 26.0 Å². The summed E-state index contributed by atoms with van der Waals surface area (Å²) in [5, 5.41) is 9.07. The average Bonchev–Trinajstić information content (AvgIpc) is 2.26. The van der Waals surface area contributed by atoms with E-state index in [0.29, 0.717) is 5.92 Å². The van der Waals surface area contributed by atoms with E-state index in [1.807, 2.05) is 26.2 Å². The Kier molecular flexibility index (Phi) is 4.73. The van der Waals surface area contributed by atoms with Gasteiger partial charge in [-0.2, -0.15) is 0 Å². The maximum atomic E-state index is 11.1. The highest BCUT2D eigenvalue weighted by Gasteiger charge is 2.15. The number of hydrogen-bond acceptors (Lipinski definition) is 2. The van der Waals surface area contributed by atoms with E-state index in [1.165, 1.54) is 10.5 Å². The molecule has 0 aromatic heterocycles. The summed E-state index contributed by atoms with van der Waals surface area (Å²) >= 11 is 0. The van der Waals surface area contributed by atoms with Crippen LogP contribution in [-0.4, -0.2) is 37.2 Å². The molecular weight excluding hydrogens is 228 g/mol. The smallest absolute Gasteiger partial charge is 0.411 e. The lowest BCUT2D eigenvalue weighted by Crippen LogP contribution is -2.25. The van der Waals surface area contributed by atoms with Crippen molar-refractivity contribution in [2.24, 2.45) is 0 Å². The molecule has 1 aromatic carbocycles. The van der Waals surface area contributed by atoms with E-state index in [0.717, 1.165) is 17.8 Å². The molecule has 0 aliphatic heterocycles. The first-order valence-corrected chi connectivity index (χ1v) is 6.07. The van der Waals surface area contributed by atoms with Crippen molar-refractivity contribution < 1.29 is 9.90 Å². The van der Waals surface area contributed by atoms with E-state index in [2.05, 4.69) is 24.8 Å². The Morgan fingerprint density at radius 2 is 1.89 bits per heavy atom. The second-order valence-electron chi connectivity index (χ2n) is 5.13. The van der Waals surface area contributed by atoms with Crippen LogP contribution < -0.4 is 4.90 Å². The lowest BCUT2D eigenvalue weighted by atomic mass is 9.98. The molecular formula is C14H22N2O2. The second-order valence-corrected chi connectivity index (χ2v) is 5.13. The third-order valence-electron chi connectivity index (χ3n) is 2.86. The molecule has 1 N–H and O–H groups in total. The summed E-state index contributed by atoms with van der Waals surface area (Å²) in [6, 6.07) is 5.97. The van der Waals surface area contributed by atoms with Crippen LogP contribution in [0.25, 0.3) is 0 Å². The predicted octanol–water partition coefficient (Wildman–Crippen LogP) is 2.99. The molecule has 0 radical (unpaired) electrons. The molecule has 0 bridgehead atoms. The fourth-order valence-electron chi connectivity index (χ4n) is 1.94. The van der Waals surface area contributed by atoms with Crippen LogP contribution in [0.2, 0.25) is 0 Å². The normalized spacial score (nSPS) is 11.1. The molecule has 0 spiro atoms. The van der Waals surface area contributed by atoms with Crippen LogP contribution in [0.4, 0.5) is 10.5 Å². The third-order valence-corrected chi connectivity index (χ3v) is 2.86. The van der Waals surface area contributed by atoms with Crippen LogP contribution in [0, 0.1) is 0 Å². The molecule has 0 saturated carbocycles. The Balaban J connectivity index is 3.16. The first kappa shape index (κ1) is 14.5. The van der Waals surface area contributed by atoms with Gasteiger partial charge in [0.05, 0.1) is 5.69 Å². The van der Waals surface area contributed by atoms with Crippen molar-refractivity contribution in [3.8, 4) is 0 Å². The summed E-state index contributed by atoms with van der Waals surface area (Å²) in [4.78, 5) is 14.4. The van der Waals surface area contributed by atoms with Gasteiger partial charge in [0.2, 0.25) is 0 Å². The Morgan fingerprint density at radius 3 is 2.33 bits per heavy atom. The molecule has 1 rings (SSSR count). The molecule has 18 heavy (non-hydrogen) atoms. The topological polar surface area (TPSA) is 43.8 Å². The monoisotopic (exact) mass is 250 g/mol. The van der Waals surface area contributed by atoms with E-state index in [1.54, 1.807) is 7.05 Å². The van der Waals surface area contributed by atoms with Gasteiger partial charge in [0.25, 0.3) is 0 Å². The van der Waals surface area contributed by atoms with Gasteiger partial charge >= 0.3 is 6.09 Å². The quantitative estimate of drug-likeness (QED) is 0.893. The van der Waals surface area contributed by atoms with E-state index in [9.17, 15) is 4.79 Å². The highest BCUT2D eigenvalue weighted by molar-refractivity contribution is 5.86. The van der Waals surface area contributed by atoms with Crippen molar-refractivity contribution in [1.29, 1.82) is 0 Å². The Labute approximate surface area is 109 Å². The highest BCUT2D eigenvalue weighted by atomic mass is 16.4. The minimum absolute atomic E-state index is 0.295. The molecule has 0 atom stereocenters. The zero-order valence-electron chi connectivity index (χ0n) is 11.8. The van der Waals surface area contributed by atoms with Gasteiger partial charge in [0, 0.05) is 13.6 Å². The van der Waals surface area contributed by atoms with Gasteiger partial charge in [0.1, 0.15) is 0 Å². The van der Waals surface area contributed by atoms with Crippen molar-refractivity contribution in [3.05, 3.63) is 29.3 Å². The fourth-order valence-corrected chi connectivity index (χ4v) is 1.94. The largest absolute Gasteiger partial charge is 0.465 e. The summed E-state index contributed by atoms with van der Waals surface area (Å²) in [6.07, 6.45) is -0.933. The molecule has 1 aromatic rings. The van der Waals surface area contributed by atoms with Gasteiger partial charge in [-0.1, -0.05) is 26.0 Å². The van der Waals surface area contributed by atoms with Gasteiger partial charge in [-0.25, -0.2) is 4.79 Å². The molecule has 0 heterocycles.